The molecule has 2 N–H and O–H groups in total. The summed E-state index contributed by atoms with van der Waals surface area (Å²) in [6, 6.07) is 5.63. The quantitative estimate of drug-likeness (QED) is 0.830. The van der Waals surface area contributed by atoms with E-state index in [1.54, 1.807) is 6.92 Å². The van der Waals surface area contributed by atoms with E-state index in [0.29, 0.717) is 0 Å². The van der Waals surface area contributed by atoms with Crippen molar-refractivity contribution in [2.24, 2.45) is 0 Å². The van der Waals surface area contributed by atoms with Crippen molar-refractivity contribution in [2.45, 2.75) is 26.2 Å². The number of carbonyl (C=O) groups is 1. The molecule has 1 heterocycles. The molecule has 0 amide bonds. The smallest absolute Gasteiger partial charge is 0.310 e. The molecule has 4 nitrogen and oxygen atoms in total. The van der Waals surface area contributed by atoms with Crippen molar-refractivity contribution in [2.75, 3.05) is 0 Å². The van der Waals surface area contributed by atoms with E-state index in [4.69, 9.17) is 5.11 Å². The van der Waals surface area contributed by atoms with E-state index in [1.807, 2.05) is 18.2 Å². The molecule has 84 valence electrons. The zero-order valence-electron chi connectivity index (χ0n) is 9.32. The minimum Gasteiger partial charge on any atom is -0.481 e. The summed E-state index contributed by atoms with van der Waals surface area (Å²) in [7, 11) is 0. The highest BCUT2D eigenvalue weighted by molar-refractivity contribution is 5.84. The molecule has 1 atom stereocenters. The van der Waals surface area contributed by atoms with Crippen LogP contribution in [0.2, 0.25) is 0 Å². The zero-order valence-corrected chi connectivity index (χ0v) is 9.32. The molecular weight excluding hydrogens is 204 g/mol. The first-order chi connectivity index (χ1) is 7.63. The predicted molar refractivity (Wildman–Crippen MR) is 61.5 cm³/mol. The summed E-state index contributed by atoms with van der Waals surface area (Å²) < 4.78 is 0. The maximum Gasteiger partial charge on any atom is 0.310 e. The summed E-state index contributed by atoms with van der Waals surface area (Å²) in [6.45, 7) is 3.73. The van der Waals surface area contributed by atoms with Crippen LogP contribution < -0.4 is 0 Å². The van der Waals surface area contributed by atoms with Crippen LogP contribution in [0, 0.1) is 0 Å². The van der Waals surface area contributed by atoms with Gasteiger partial charge in [-0.15, -0.1) is 0 Å². The van der Waals surface area contributed by atoms with Crippen LogP contribution in [0.4, 0.5) is 0 Å². The van der Waals surface area contributed by atoms with Crippen molar-refractivity contribution in [1.29, 1.82) is 0 Å². The lowest BCUT2D eigenvalue weighted by Crippen LogP contribution is -2.06. The summed E-state index contributed by atoms with van der Waals surface area (Å²) in [5, 5.41) is 17.1. The Morgan fingerprint density at radius 3 is 2.94 bits per heavy atom. The van der Waals surface area contributed by atoms with Gasteiger partial charge in [0.05, 0.1) is 11.4 Å². The molecule has 0 bridgehead atoms. The molecule has 0 fully saturated rings. The van der Waals surface area contributed by atoms with Gasteiger partial charge in [0.2, 0.25) is 0 Å². The van der Waals surface area contributed by atoms with Gasteiger partial charge in [0.15, 0.2) is 0 Å². The minimum atomic E-state index is -0.814. The van der Waals surface area contributed by atoms with Crippen LogP contribution in [-0.4, -0.2) is 21.3 Å². The van der Waals surface area contributed by atoms with E-state index in [9.17, 15) is 4.79 Å². The second kappa shape index (κ2) is 3.96. The predicted octanol–water partition coefficient (Wildman–Crippen LogP) is 2.31. The number of benzene rings is 1. The Morgan fingerprint density at radius 2 is 2.31 bits per heavy atom. The third kappa shape index (κ3) is 1.66. The fourth-order valence-electron chi connectivity index (χ4n) is 1.77. The lowest BCUT2D eigenvalue weighted by molar-refractivity contribution is -0.138. The van der Waals surface area contributed by atoms with Gasteiger partial charge in [0, 0.05) is 11.1 Å². The standard InChI is InChI=1S/C12H14N2O2/c1-3-10-9-5-4-8(7(2)12(15)16)6-11(9)14-13-10/h4-7H,3H2,1-2H3,(H,13,14)(H,15,16). The van der Waals surface area contributed by atoms with Gasteiger partial charge in [-0.05, 0) is 25.0 Å². The fraction of sp³-hybridized carbons (Fsp3) is 0.333. The van der Waals surface area contributed by atoms with E-state index in [1.165, 1.54) is 0 Å². The first-order valence-electron chi connectivity index (χ1n) is 5.33. The highest BCUT2D eigenvalue weighted by Crippen LogP contribution is 2.22. The molecule has 1 aromatic heterocycles. The van der Waals surface area contributed by atoms with E-state index in [2.05, 4.69) is 17.1 Å². The summed E-state index contributed by atoms with van der Waals surface area (Å²) >= 11 is 0. The highest BCUT2D eigenvalue weighted by Gasteiger charge is 2.14. The van der Waals surface area contributed by atoms with Crippen LogP contribution in [0.3, 0.4) is 0 Å². The van der Waals surface area contributed by atoms with Crippen LogP contribution in [0.25, 0.3) is 10.9 Å². The van der Waals surface area contributed by atoms with Crippen LogP contribution in [0.15, 0.2) is 18.2 Å². The molecule has 0 aliphatic rings. The molecule has 0 aliphatic heterocycles. The van der Waals surface area contributed by atoms with Crippen LogP contribution >= 0.6 is 0 Å². The zero-order chi connectivity index (χ0) is 11.7. The Bertz CT molecular complexity index is 531. The van der Waals surface area contributed by atoms with Gasteiger partial charge in [0.25, 0.3) is 0 Å². The van der Waals surface area contributed by atoms with Crippen molar-refractivity contribution in [3.63, 3.8) is 0 Å². The SMILES string of the molecule is CCc1[nH]nc2cc(C(C)C(=O)O)ccc12. The number of carboxylic acids is 1. The Balaban J connectivity index is 2.49. The van der Waals surface area contributed by atoms with Gasteiger partial charge < -0.3 is 5.11 Å². The Morgan fingerprint density at radius 1 is 1.56 bits per heavy atom. The van der Waals surface area contributed by atoms with Gasteiger partial charge in [0.1, 0.15) is 0 Å². The summed E-state index contributed by atoms with van der Waals surface area (Å²) in [4.78, 5) is 10.9. The third-order valence-electron chi connectivity index (χ3n) is 2.88. The van der Waals surface area contributed by atoms with Gasteiger partial charge in [-0.25, -0.2) is 0 Å². The van der Waals surface area contributed by atoms with Crippen LogP contribution in [-0.2, 0) is 11.2 Å². The van der Waals surface area contributed by atoms with Crippen molar-refractivity contribution in [3.05, 3.63) is 29.5 Å². The average molecular weight is 218 g/mol. The van der Waals surface area contributed by atoms with Gasteiger partial charge in [-0.2, -0.15) is 5.10 Å². The monoisotopic (exact) mass is 218 g/mol. The highest BCUT2D eigenvalue weighted by atomic mass is 16.4. The van der Waals surface area contributed by atoms with E-state index >= 15 is 0 Å². The van der Waals surface area contributed by atoms with Crippen molar-refractivity contribution >= 4 is 16.9 Å². The molecular formula is C12H14N2O2. The lowest BCUT2D eigenvalue weighted by atomic mass is 10.00. The molecule has 0 aliphatic carbocycles. The van der Waals surface area contributed by atoms with Gasteiger partial charge >= 0.3 is 5.97 Å². The first kappa shape index (κ1) is 10.7. The molecule has 16 heavy (non-hydrogen) atoms. The number of nitrogens with one attached hydrogen (secondary N) is 1. The maximum absolute atomic E-state index is 10.9. The lowest BCUT2D eigenvalue weighted by Gasteiger charge is -2.05. The van der Waals surface area contributed by atoms with E-state index in [0.717, 1.165) is 28.6 Å². The maximum atomic E-state index is 10.9. The normalized spacial score (nSPS) is 12.9. The molecule has 0 saturated heterocycles. The van der Waals surface area contributed by atoms with Crippen molar-refractivity contribution in [3.8, 4) is 0 Å². The number of rotatable bonds is 3. The number of aromatic amines is 1. The largest absolute Gasteiger partial charge is 0.481 e. The first-order valence-corrected chi connectivity index (χ1v) is 5.33. The molecule has 0 radical (unpaired) electrons. The van der Waals surface area contributed by atoms with Crippen LogP contribution in [0.1, 0.15) is 31.0 Å². The Kier molecular flexibility index (Phi) is 2.64. The summed E-state index contributed by atoms with van der Waals surface area (Å²) in [6.07, 6.45) is 0.893. The number of H-pyrrole nitrogens is 1. The average Bonchev–Trinajstić information content (AvgIpc) is 2.69. The molecule has 2 aromatic rings. The Labute approximate surface area is 93.3 Å². The number of aryl methyl sites for hydroxylation is 1. The summed E-state index contributed by atoms with van der Waals surface area (Å²) in [5.41, 5.74) is 2.71. The molecule has 0 spiro atoms. The number of aliphatic carboxylic acids is 1. The molecule has 4 heteroatoms. The topological polar surface area (TPSA) is 66.0 Å². The Hall–Kier alpha value is -1.84. The molecule has 0 saturated carbocycles. The third-order valence-corrected chi connectivity index (χ3v) is 2.88. The van der Waals surface area contributed by atoms with Crippen molar-refractivity contribution in [1.82, 2.24) is 10.2 Å². The number of carboxylic acid groups (broad SMARTS) is 1. The molecule has 1 aromatic carbocycles. The molecule has 1 unspecified atom stereocenters. The number of aromatic nitrogens is 2. The van der Waals surface area contributed by atoms with Crippen molar-refractivity contribution < 1.29 is 9.90 Å². The summed E-state index contributed by atoms with van der Waals surface area (Å²) in [5.74, 6) is -1.31. The number of fused-ring (bicyclic) bond motifs is 1. The van der Waals surface area contributed by atoms with E-state index in [-0.39, 0.29) is 0 Å². The second-order valence-corrected chi connectivity index (χ2v) is 3.89. The van der Waals surface area contributed by atoms with E-state index < -0.39 is 11.9 Å². The van der Waals surface area contributed by atoms with Gasteiger partial charge in [-0.3, -0.25) is 9.89 Å². The minimum absolute atomic E-state index is 0.494. The van der Waals surface area contributed by atoms with Gasteiger partial charge in [-0.1, -0.05) is 19.1 Å². The second-order valence-electron chi connectivity index (χ2n) is 3.89. The number of nitrogens with zero attached hydrogens (tertiary/aromatic N) is 1. The number of hydrogen-bond donors (Lipinski definition) is 2. The molecule has 2 rings (SSSR count). The van der Waals surface area contributed by atoms with Crippen LogP contribution in [0.5, 0.6) is 0 Å². The number of hydrogen-bond acceptors (Lipinski definition) is 2. The fourth-order valence-corrected chi connectivity index (χ4v) is 1.77.